The van der Waals surface area contributed by atoms with E-state index in [4.69, 9.17) is 14.2 Å². The number of hydrogen-bond donors (Lipinski definition) is 0. The van der Waals surface area contributed by atoms with Crippen molar-refractivity contribution in [1.29, 1.82) is 0 Å². The lowest BCUT2D eigenvalue weighted by Crippen LogP contribution is -2.19. The van der Waals surface area contributed by atoms with Crippen LogP contribution in [0.5, 0.6) is 5.88 Å². The summed E-state index contributed by atoms with van der Waals surface area (Å²) >= 11 is 0. The van der Waals surface area contributed by atoms with Gasteiger partial charge in [0.1, 0.15) is 11.6 Å². The molecule has 1 fully saturated rings. The predicted molar refractivity (Wildman–Crippen MR) is 83.9 cm³/mol. The second-order valence-corrected chi connectivity index (χ2v) is 5.82. The van der Waals surface area contributed by atoms with Gasteiger partial charge in [0.05, 0.1) is 18.9 Å². The van der Waals surface area contributed by atoms with E-state index < -0.39 is 17.6 Å². The minimum Gasteiger partial charge on any atom is -0.465 e. The first-order valence-corrected chi connectivity index (χ1v) is 7.88. The molecule has 1 aliphatic rings. The maximum absolute atomic E-state index is 13.9. The molecule has 0 saturated carbocycles. The van der Waals surface area contributed by atoms with E-state index in [1.54, 1.807) is 7.05 Å². The molecule has 1 aliphatic heterocycles. The van der Waals surface area contributed by atoms with Crippen LogP contribution in [0.4, 0.5) is 8.78 Å². The minimum absolute atomic E-state index is 0.155. The molecule has 1 unspecified atom stereocenters. The molecule has 0 amide bonds. The van der Waals surface area contributed by atoms with Crippen molar-refractivity contribution in [1.82, 2.24) is 9.78 Å². The fraction of sp³-hybridized carbons (Fsp3) is 0.412. The molecular formula is C17H18F2N2O4. The number of ether oxygens (including phenoxy) is 3. The average molecular weight is 352 g/mol. The Morgan fingerprint density at radius 1 is 1.40 bits per heavy atom. The Kier molecular flexibility index (Phi) is 5.28. The maximum atomic E-state index is 13.9. The van der Waals surface area contributed by atoms with E-state index in [1.807, 2.05) is 0 Å². The highest BCUT2D eigenvalue weighted by Crippen LogP contribution is 2.26. The summed E-state index contributed by atoms with van der Waals surface area (Å²) in [6.07, 6.45) is 0.876. The number of carbonyl (C=O) groups excluding carboxylic acids is 1. The van der Waals surface area contributed by atoms with Crippen LogP contribution in [0.3, 0.4) is 0 Å². The van der Waals surface area contributed by atoms with Gasteiger partial charge in [0.2, 0.25) is 5.88 Å². The van der Waals surface area contributed by atoms with Gasteiger partial charge in [-0.2, -0.15) is 0 Å². The summed E-state index contributed by atoms with van der Waals surface area (Å²) in [6, 6.07) is 4.76. The van der Waals surface area contributed by atoms with Crippen LogP contribution in [0, 0.1) is 17.6 Å². The molecule has 0 radical (unpaired) electrons. The topological polar surface area (TPSA) is 62.6 Å². The highest BCUT2D eigenvalue weighted by Gasteiger charge is 2.18. The number of halogens is 2. The summed E-state index contributed by atoms with van der Waals surface area (Å²) in [5.41, 5.74) is 0.596. The molecule has 0 bridgehead atoms. The molecule has 0 N–H and O–H groups in total. The van der Waals surface area contributed by atoms with Gasteiger partial charge in [-0.3, -0.25) is 4.68 Å². The van der Waals surface area contributed by atoms with Crippen LogP contribution < -0.4 is 4.74 Å². The van der Waals surface area contributed by atoms with Gasteiger partial charge >= 0.3 is 5.97 Å². The van der Waals surface area contributed by atoms with Crippen LogP contribution in [-0.4, -0.2) is 42.2 Å². The van der Waals surface area contributed by atoms with Crippen molar-refractivity contribution in [2.75, 3.05) is 26.4 Å². The van der Waals surface area contributed by atoms with Gasteiger partial charge in [-0.15, -0.1) is 5.10 Å². The number of aryl methyl sites for hydroxylation is 1. The van der Waals surface area contributed by atoms with Gasteiger partial charge in [0.25, 0.3) is 0 Å². The zero-order valence-electron chi connectivity index (χ0n) is 13.7. The second-order valence-electron chi connectivity index (χ2n) is 5.82. The number of benzene rings is 1. The van der Waals surface area contributed by atoms with E-state index in [0.717, 1.165) is 18.6 Å². The first kappa shape index (κ1) is 17.3. The first-order valence-electron chi connectivity index (χ1n) is 7.88. The molecule has 3 rings (SSSR count). The zero-order chi connectivity index (χ0) is 17.8. The molecule has 2 heterocycles. The highest BCUT2D eigenvalue weighted by molar-refractivity contribution is 5.71. The number of carbonyl (C=O) groups is 1. The molecule has 1 atom stereocenters. The number of rotatable bonds is 6. The molecule has 134 valence electrons. The summed E-state index contributed by atoms with van der Waals surface area (Å²) in [5.74, 6) is -1.48. The lowest BCUT2D eigenvalue weighted by molar-refractivity contribution is -0.147. The van der Waals surface area contributed by atoms with Gasteiger partial charge < -0.3 is 14.2 Å². The monoisotopic (exact) mass is 352 g/mol. The van der Waals surface area contributed by atoms with Crippen molar-refractivity contribution in [2.45, 2.75) is 6.42 Å². The standard InChI is InChI=1S/C17H18F2N2O4/c1-21-15(13-3-2-12(18)6-14(13)19)7-16(20-21)24-10-17(22)25-9-11-4-5-23-8-11/h2-3,6-7,11H,4-5,8-10H2,1H3. The van der Waals surface area contributed by atoms with Crippen LogP contribution >= 0.6 is 0 Å². The Labute approximate surface area is 143 Å². The van der Waals surface area contributed by atoms with Crippen molar-refractivity contribution in [3.63, 3.8) is 0 Å². The van der Waals surface area contributed by atoms with Gasteiger partial charge in [-0.05, 0) is 18.6 Å². The second kappa shape index (κ2) is 7.60. The van der Waals surface area contributed by atoms with Gasteiger partial charge in [0, 0.05) is 37.3 Å². The van der Waals surface area contributed by atoms with Crippen LogP contribution in [-0.2, 0) is 21.3 Å². The van der Waals surface area contributed by atoms with Gasteiger partial charge in [0.15, 0.2) is 6.61 Å². The fourth-order valence-electron chi connectivity index (χ4n) is 2.56. The number of nitrogens with zero attached hydrogens (tertiary/aromatic N) is 2. The highest BCUT2D eigenvalue weighted by atomic mass is 19.1. The summed E-state index contributed by atoms with van der Waals surface area (Å²) in [6.45, 7) is 1.29. The lowest BCUT2D eigenvalue weighted by Gasteiger charge is -2.08. The molecule has 8 heteroatoms. The normalized spacial score (nSPS) is 16.8. The Balaban J connectivity index is 1.57. The molecule has 1 aromatic carbocycles. The third-order valence-corrected chi connectivity index (χ3v) is 3.91. The Morgan fingerprint density at radius 3 is 2.96 bits per heavy atom. The quantitative estimate of drug-likeness (QED) is 0.747. The Hall–Kier alpha value is -2.48. The third kappa shape index (κ3) is 4.33. The van der Waals surface area contributed by atoms with E-state index in [-0.39, 0.29) is 24.0 Å². The summed E-state index contributed by atoms with van der Waals surface area (Å²) in [5, 5.41) is 4.07. The van der Waals surface area contributed by atoms with Crippen LogP contribution in [0.15, 0.2) is 24.3 Å². The average Bonchev–Trinajstić information content (AvgIpc) is 3.21. The van der Waals surface area contributed by atoms with Crippen molar-refractivity contribution < 1.29 is 27.8 Å². The van der Waals surface area contributed by atoms with E-state index in [0.29, 0.717) is 25.5 Å². The van der Waals surface area contributed by atoms with Crippen molar-refractivity contribution >= 4 is 5.97 Å². The van der Waals surface area contributed by atoms with E-state index in [9.17, 15) is 13.6 Å². The molecule has 2 aromatic rings. The first-order chi connectivity index (χ1) is 12.0. The molecular weight excluding hydrogens is 334 g/mol. The predicted octanol–water partition coefficient (Wildman–Crippen LogP) is 2.32. The minimum atomic E-state index is -0.701. The van der Waals surface area contributed by atoms with E-state index in [1.165, 1.54) is 16.8 Å². The van der Waals surface area contributed by atoms with Crippen LogP contribution in [0.1, 0.15) is 6.42 Å². The van der Waals surface area contributed by atoms with E-state index in [2.05, 4.69) is 5.10 Å². The maximum Gasteiger partial charge on any atom is 0.344 e. The lowest BCUT2D eigenvalue weighted by atomic mass is 10.1. The summed E-state index contributed by atoms with van der Waals surface area (Å²) < 4.78 is 43.9. The molecule has 0 aliphatic carbocycles. The van der Waals surface area contributed by atoms with Crippen molar-refractivity contribution in [3.8, 4) is 17.1 Å². The molecule has 6 nitrogen and oxygen atoms in total. The number of hydrogen-bond acceptors (Lipinski definition) is 5. The van der Waals surface area contributed by atoms with E-state index >= 15 is 0 Å². The van der Waals surface area contributed by atoms with Gasteiger partial charge in [-0.1, -0.05) is 0 Å². The van der Waals surface area contributed by atoms with Crippen LogP contribution in [0.25, 0.3) is 11.3 Å². The molecule has 25 heavy (non-hydrogen) atoms. The SMILES string of the molecule is Cn1nc(OCC(=O)OCC2CCOC2)cc1-c1ccc(F)cc1F. The van der Waals surface area contributed by atoms with Gasteiger partial charge in [-0.25, -0.2) is 13.6 Å². The number of aromatic nitrogens is 2. The molecule has 0 spiro atoms. The fourth-order valence-corrected chi connectivity index (χ4v) is 2.56. The summed E-state index contributed by atoms with van der Waals surface area (Å²) in [7, 11) is 1.60. The summed E-state index contributed by atoms with van der Waals surface area (Å²) in [4.78, 5) is 11.7. The van der Waals surface area contributed by atoms with Crippen molar-refractivity contribution in [3.05, 3.63) is 35.9 Å². The Bertz CT molecular complexity index is 757. The third-order valence-electron chi connectivity index (χ3n) is 3.91. The number of esters is 1. The molecule has 1 aromatic heterocycles. The zero-order valence-corrected chi connectivity index (χ0v) is 13.7. The smallest absolute Gasteiger partial charge is 0.344 e. The Morgan fingerprint density at radius 2 is 2.24 bits per heavy atom. The molecule has 1 saturated heterocycles. The van der Waals surface area contributed by atoms with Crippen molar-refractivity contribution in [2.24, 2.45) is 13.0 Å². The largest absolute Gasteiger partial charge is 0.465 e. The van der Waals surface area contributed by atoms with Crippen LogP contribution in [0.2, 0.25) is 0 Å².